The van der Waals surface area contributed by atoms with Crippen LogP contribution in [0.25, 0.3) is 55.6 Å². The minimum absolute atomic E-state index is 0.385. The maximum absolute atomic E-state index is 14.3. The van der Waals surface area contributed by atoms with E-state index in [1.165, 1.54) is 19.2 Å². The largest absolute Gasteiger partial charge is 0.497 e. The summed E-state index contributed by atoms with van der Waals surface area (Å²) >= 11 is 0. The molecule has 0 atom stereocenters. The molecule has 41 heavy (non-hydrogen) atoms. The van der Waals surface area contributed by atoms with Gasteiger partial charge in [0.2, 0.25) is 0 Å². The van der Waals surface area contributed by atoms with Gasteiger partial charge in [-0.15, -0.1) is 0 Å². The van der Waals surface area contributed by atoms with Gasteiger partial charge in [0.25, 0.3) is 0 Å². The van der Waals surface area contributed by atoms with Gasteiger partial charge in [0.15, 0.2) is 0 Å². The molecule has 7 rings (SSSR count). The van der Waals surface area contributed by atoms with Crippen molar-refractivity contribution in [3.63, 3.8) is 0 Å². The summed E-state index contributed by atoms with van der Waals surface area (Å²) in [6, 6.07) is 26.6. The van der Waals surface area contributed by atoms with E-state index in [1.54, 1.807) is 18.5 Å². The number of nitrogens with zero attached hydrogens (tertiary/aromatic N) is 3. The number of methoxy groups -OCH3 is 1. The highest BCUT2D eigenvalue weighted by Crippen LogP contribution is 2.35. The Balaban J connectivity index is 1.24. The van der Waals surface area contributed by atoms with Gasteiger partial charge in [0, 0.05) is 45.9 Å². The van der Waals surface area contributed by atoms with Crippen molar-refractivity contribution in [1.29, 1.82) is 0 Å². The van der Waals surface area contributed by atoms with Crippen LogP contribution in [0.4, 0.5) is 4.39 Å². The summed E-state index contributed by atoms with van der Waals surface area (Å²) in [6.45, 7) is 0.469. The van der Waals surface area contributed by atoms with E-state index in [1.807, 2.05) is 66.9 Å². The maximum atomic E-state index is 14.3. The average Bonchev–Trinajstić information content (AvgIpc) is 3.64. The minimum Gasteiger partial charge on any atom is -0.497 e. The van der Waals surface area contributed by atoms with E-state index in [9.17, 15) is 4.39 Å². The van der Waals surface area contributed by atoms with Crippen LogP contribution >= 0.6 is 0 Å². The van der Waals surface area contributed by atoms with Gasteiger partial charge in [-0.25, -0.2) is 4.39 Å². The van der Waals surface area contributed by atoms with E-state index in [2.05, 4.69) is 31.2 Å². The van der Waals surface area contributed by atoms with E-state index < -0.39 is 0 Å². The number of H-pyrrole nitrogens is 2. The predicted octanol–water partition coefficient (Wildman–Crippen LogP) is 7.56. The zero-order valence-corrected chi connectivity index (χ0v) is 22.1. The second kappa shape index (κ2) is 10.2. The molecule has 0 spiro atoms. The lowest BCUT2D eigenvalue weighted by Gasteiger charge is -2.08. The molecule has 2 N–H and O–H groups in total. The number of aromatic nitrogens is 5. The third-order valence-corrected chi connectivity index (χ3v) is 7.04. The molecule has 3 aromatic carbocycles. The normalized spacial score (nSPS) is 11.3. The number of nitrogens with one attached hydrogen (secondary N) is 2. The van der Waals surface area contributed by atoms with E-state index >= 15 is 0 Å². The number of halogens is 1. The summed E-state index contributed by atoms with van der Waals surface area (Å²) in [5.74, 6) is 0.747. The van der Waals surface area contributed by atoms with Gasteiger partial charge in [-0.3, -0.25) is 15.1 Å². The Morgan fingerprint density at radius 3 is 2.49 bits per heavy atom. The summed E-state index contributed by atoms with van der Waals surface area (Å²) in [7, 11) is 1.52. The van der Waals surface area contributed by atoms with Crippen LogP contribution in [0.15, 0.2) is 104 Å². The molecular formula is C33H24FN5O2. The number of benzene rings is 3. The summed E-state index contributed by atoms with van der Waals surface area (Å²) in [5, 5.41) is 9.57. The summed E-state index contributed by atoms with van der Waals surface area (Å²) in [4.78, 5) is 12.4. The number of ether oxygens (including phenoxy) is 2. The van der Waals surface area contributed by atoms with Gasteiger partial charge in [-0.1, -0.05) is 36.4 Å². The molecule has 0 saturated heterocycles. The van der Waals surface area contributed by atoms with E-state index in [0.717, 1.165) is 49.9 Å². The maximum Gasteiger partial charge on any atom is 0.138 e. The lowest BCUT2D eigenvalue weighted by molar-refractivity contribution is 0.305. The number of aromatic amines is 2. The van der Waals surface area contributed by atoms with E-state index in [0.29, 0.717) is 29.4 Å². The fourth-order valence-electron chi connectivity index (χ4n) is 5.02. The van der Waals surface area contributed by atoms with Gasteiger partial charge in [0.05, 0.1) is 30.2 Å². The fourth-order valence-corrected chi connectivity index (χ4v) is 5.02. The Bertz CT molecular complexity index is 2020. The highest BCUT2D eigenvalue weighted by Gasteiger charge is 2.16. The zero-order chi connectivity index (χ0) is 27.8. The molecule has 0 aliphatic heterocycles. The smallest absolute Gasteiger partial charge is 0.138 e. The van der Waals surface area contributed by atoms with Gasteiger partial charge in [0.1, 0.15) is 29.6 Å². The van der Waals surface area contributed by atoms with Crippen LogP contribution in [0.2, 0.25) is 0 Å². The highest BCUT2D eigenvalue weighted by atomic mass is 19.1. The fraction of sp³-hybridized carbons (Fsp3) is 0.0606. The second-order valence-corrected chi connectivity index (χ2v) is 9.70. The van der Waals surface area contributed by atoms with Crippen molar-refractivity contribution in [3.05, 3.63) is 115 Å². The second-order valence-electron chi connectivity index (χ2n) is 9.70. The first-order valence-electron chi connectivity index (χ1n) is 13.1. The standard InChI is InChI=1S/C33H24FN5O2/c1-40-25-12-22(11-24(34)15-25)32-28-16-31(37-29(28)9-10-36-32)33-27-14-21(7-8-30(27)38-39-33)23-13-26(18-35-17-23)41-19-20-5-3-2-4-6-20/h2-18,37H,19H2,1H3,(H,38,39). The van der Waals surface area contributed by atoms with E-state index in [4.69, 9.17) is 9.47 Å². The molecule has 0 amide bonds. The molecule has 0 aliphatic rings. The number of pyridine rings is 2. The number of hydrogen-bond donors (Lipinski definition) is 2. The monoisotopic (exact) mass is 541 g/mol. The average molecular weight is 542 g/mol. The third kappa shape index (κ3) is 4.76. The van der Waals surface area contributed by atoms with Crippen LogP contribution < -0.4 is 9.47 Å². The van der Waals surface area contributed by atoms with Crippen molar-refractivity contribution in [2.24, 2.45) is 0 Å². The minimum atomic E-state index is -0.385. The zero-order valence-electron chi connectivity index (χ0n) is 22.1. The molecule has 200 valence electrons. The van der Waals surface area contributed by atoms with Crippen molar-refractivity contribution >= 4 is 21.8 Å². The van der Waals surface area contributed by atoms with Gasteiger partial charge >= 0.3 is 0 Å². The molecule has 7 nitrogen and oxygen atoms in total. The summed E-state index contributed by atoms with van der Waals surface area (Å²) in [5.41, 5.74) is 7.67. The quantitative estimate of drug-likeness (QED) is 0.217. The Hall–Kier alpha value is -5.50. The van der Waals surface area contributed by atoms with Crippen molar-refractivity contribution in [3.8, 4) is 45.3 Å². The first-order valence-corrected chi connectivity index (χ1v) is 13.1. The van der Waals surface area contributed by atoms with Crippen LogP contribution in [0, 0.1) is 5.82 Å². The lowest BCUT2D eigenvalue weighted by atomic mass is 10.0. The predicted molar refractivity (Wildman–Crippen MR) is 157 cm³/mol. The summed E-state index contributed by atoms with van der Waals surface area (Å²) in [6.07, 6.45) is 5.25. The van der Waals surface area contributed by atoms with Crippen LogP contribution in [0.1, 0.15) is 5.56 Å². The first kappa shape index (κ1) is 24.5. The summed E-state index contributed by atoms with van der Waals surface area (Å²) < 4.78 is 25.6. The molecule has 0 fully saturated rings. The SMILES string of the molecule is COc1cc(F)cc(-c2nccc3[nH]c(-c4n[nH]c5ccc(-c6cncc(OCc7ccccc7)c6)cc45)cc23)c1. The topological polar surface area (TPSA) is 88.7 Å². The molecule has 4 aromatic heterocycles. The molecule has 0 saturated carbocycles. The van der Waals surface area contributed by atoms with Crippen LogP contribution in [0.5, 0.6) is 11.5 Å². The van der Waals surface area contributed by atoms with Gasteiger partial charge in [-0.05, 0) is 53.6 Å². The molecule has 8 heteroatoms. The number of rotatable bonds is 7. The molecule has 0 radical (unpaired) electrons. The van der Waals surface area contributed by atoms with Crippen molar-refractivity contribution < 1.29 is 13.9 Å². The Morgan fingerprint density at radius 2 is 1.61 bits per heavy atom. The number of fused-ring (bicyclic) bond motifs is 2. The van der Waals surface area contributed by atoms with E-state index in [-0.39, 0.29) is 5.82 Å². The van der Waals surface area contributed by atoms with Crippen LogP contribution in [-0.4, -0.2) is 32.3 Å². The van der Waals surface area contributed by atoms with Gasteiger partial charge < -0.3 is 14.5 Å². The van der Waals surface area contributed by atoms with Crippen LogP contribution in [0.3, 0.4) is 0 Å². The lowest BCUT2D eigenvalue weighted by Crippen LogP contribution is -1.95. The Labute approximate surface area is 234 Å². The van der Waals surface area contributed by atoms with Crippen molar-refractivity contribution in [1.82, 2.24) is 25.1 Å². The molecule has 0 aliphatic carbocycles. The molecule has 4 heterocycles. The molecule has 0 unspecified atom stereocenters. The Kier molecular flexibility index (Phi) is 6.13. The van der Waals surface area contributed by atoms with Crippen LogP contribution in [-0.2, 0) is 6.61 Å². The number of hydrogen-bond acceptors (Lipinski definition) is 5. The highest BCUT2D eigenvalue weighted by molar-refractivity contribution is 6.01. The van der Waals surface area contributed by atoms with Crippen molar-refractivity contribution in [2.45, 2.75) is 6.61 Å². The first-order chi connectivity index (χ1) is 20.1. The van der Waals surface area contributed by atoms with Gasteiger partial charge in [-0.2, -0.15) is 5.10 Å². The molecular weight excluding hydrogens is 517 g/mol. The third-order valence-electron chi connectivity index (χ3n) is 7.04. The molecule has 0 bridgehead atoms. The molecule has 7 aromatic rings. The van der Waals surface area contributed by atoms with Crippen molar-refractivity contribution in [2.75, 3.05) is 7.11 Å². The Morgan fingerprint density at radius 1 is 0.756 bits per heavy atom.